The molecule has 3 aromatic carbocycles. The van der Waals surface area contributed by atoms with Crippen molar-refractivity contribution in [2.45, 2.75) is 32.9 Å². The summed E-state index contributed by atoms with van der Waals surface area (Å²) in [5, 5.41) is 3.71. The molecule has 0 saturated carbocycles. The fourth-order valence-corrected chi connectivity index (χ4v) is 4.86. The molecule has 4 aromatic rings. The van der Waals surface area contributed by atoms with Crippen LogP contribution in [0.3, 0.4) is 0 Å². The van der Waals surface area contributed by atoms with Crippen LogP contribution in [0.4, 0.5) is 5.82 Å². The second-order valence-corrected chi connectivity index (χ2v) is 9.87. The van der Waals surface area contributed by atoms with Gasteiger partial charge in [0, 0.05) is 24.7 Å². The third kappa shape index (κ3) is 5.29. The lowest BCUT2D eigenvalue weighted by Crippen LogP contribution is -2.45. The number of hydrogen-bond donors (Lipinski definition) is 1. The molecule has 7 heteroatoms. The third-order valence-electron chi connectivity index (χ3n) is 6.77. The van der Waals surface area contributed by atoms with Crippen LogP contribution < -0.4 is 15.8 Å². The molecule has 5 rings (SSSR count). The summed E-state index contributed by atoms with van der Waals surface area (Å²) < 4.78 is 1.80. The Morgan fingerprint density at radius 2 is 1.75 bits per heavy atom. The highest BCUT2D eigenvalue weighted by Gasteiger charge is 2.28. The van der Waals surface area contributed by atoms with Gasteiger partial charge in [0.05, 0.1) is 23.5 Å². The van der Waals surface area contributed by atoms with Crippen LogP contribution in [0, 0.1) is 12.8 Å². The van der Waals surface area contributed by atoms with Gasteiger partial charge in [0.1, 0.15) is 0 Å². The Hall–Kier alpha value is -3.64. The minimum absolute atomic E-state index is 0.00424. The number of aryl methyl sites for hydroxylation is 1. The second kappa shape index (κ2) is 10.5. The Kier molecular flexibility index (Phi) is 7.05. The largest absolute Gasteiger partial charge is 0.352 e. The van der Waals surface area contributed by atoms with Crippen molar-refractivity contribution in [3.8, 4) is 0 Å². The number of fused-ring (bicyclic) bond motifs is 1. The molecule has 0 spiro atoms. The van der Waals surface area contributed by atoms with Crippen molar-refractivity contribution in [3.05, 3.63) is 105 Å². The van der Waals surface area contributed by atoms with E-state index in [1.165, 1.54) is 5.56 Å². The zero-order valence-electron chi connectivity index (χ0n) is 20.3. The molecule has 0 radical (unpaired) electrons. The topological polar surface area (TPSA) is 67.2 Å². The number of amides is 1. The van der Waals surface area contributed by atoms with Gasteiger partial charge in [-0.1, -0.05) is 65.7 Å². The van der Waals surface area contributed by atoms with Crippen molar-refractivity contribution in [2.75, 3.05) is 18.0 Å². The quantitative estimate of drug-likeness (QED) is 0.407. The van der Waals surface area contributed by atoms with Gasteiger partial charge in [-0.2, -0.15) is 0 Å². The number of nitrogens with one attached hydrogen (secondary N) is 1. The van der Waals surface area contributed by atoms with Crippen molar-refractivity contribution in [2.24, 2.45) is 5.92 Å². The van der Waals surface area contributed by atoms with Crippen LogP contribution in [0.15, 0.2) is 77.6 Å². The van der Waals surface area contributed by atoms with Crippen molar-refractivity contribution in [3.63, 3.8) is 0 Å². The SMILES string of the molecule is Cc1ccc(Cn2c(=O)c(N3CCC[C@@H](C(=O)NCc4ccc(Cl)cc4)C3)nc3ccccc32)cc1. The minimum atomic E-state index is -0.204. The van der Waals surface area contributed by atoms with Crippen LogP contribution in [-0.2, 0) is 17.9 Å². The van der Waals surface area contributed by atoms with E-state index < -0.39 is 0 Å². The zero-order valence-corrected chi connectivity index (χ0v) is 21.0. The van der Waals surface area contributed by atoms with E-state index in [4.69, 9.17) is 16.6 Å². The Bertz CT molecular complexity index is 1430. The van der Waals surface area contributed by atoms with Gasteiger partial charge in [-0.05, 0) is 55.2 Å². The van der Waals surface area contributed by atoms with Gasteiger partial charge in [-0.15, -0.1) is 0 Å². The highest BCUT2D eigenvalue weighted by atomic mass is 35.5. The number of rotatable bonds is 6. The smallest absolute Gasteiger partial charge is 0.294 e. The van der Waals surface area contributed by atoms with Gasteiger partial charge in [-0.3, -0.25) is 14.2 Å². The molecule has 36 heavy (non-hydrogen) atoms. The molecule has 1 amide bonds. The van der Waals surface area contributed by atoms with Crippen LogP contribution in [0.2, 0.25) is 5.02 Å². The van der Waals surface area contributed by atoms with Crippen LogP contribution in [0.25, 0.3) is 11.0 Å². The first-order valence-electron chi connectivity index (χ1n) is 12.3. The van der Waals surface area contributed by atoms with Gasteiger partial charge in [0.25, 0.3) is 5.56 Å². The second-order valence-electron chi connectivity index (χ2n) is 9.43. The standard InChI is InChI=1S/C29H29ClN4O2/c1-20-8-10-22(11-9-20)18-34-26-7-3-2-6-25(26)32-27(29(34)36)33-16-4-5-23(19-33)28(35)31-17-21-12-14-24(30)15-13-21/h2-3,6-15,23H,4-5,16-19H2,1H3,(H,31,35)/t23-/m1/s1. The Morgan fingerprint density at radius 1 is 1.03 bits per heavy atom. The minimum Gasteiger partial charge on any atom is -0.352 e. The first-order valence-corrected chi connectivity index (χ1v) is 12.7. The number of carbonyl (C=O) groups is 1. The lowest BCUT2D eigenvalue weighted by molar-refractivity contribution is -0.125. The average molecular weight is 501 g/mol. The van der Waals surface area contributed by atoms with Gasteiger partial charge < -0.3 is 10.2 Å². The lowest BCUT2D eigenvalue weighted by atomic mass is 9.97. The highest BCUT2D eigenvalue weighted by Crippen LogP contribution is 2.23. The number of para-hydroxylation sites is 2. The summed E-state index contributed by atoms with van der Waals surface area (Å²) in [5.74, 6) is 0.204. The van der Waals surface area contributed by atoms with Gasteiger partial charge in [-0.25, -0.2) is 4.98 Å². The van der Waals surface area contributed by atoms with Crippen molar-refractivity contribution >= 4 is 34.4 Å². The molecule has 1 fully saturated rings. The summed E-state index contributed by atoms with van der Waals surface area (Å²) in [6.45, 7) is 4.13. The molecule has 1 saturated heterocycles. The molecule has 2 heterocycles. The number of carbonyl (C=O) groups excluding carboxylic acids is 1. The van der Waals surface area contributed by atoms with E-state index in [2.05, 4.69) is 29.6 Å². The third-order valence-corrected chi connectivity index (χ3v) is 7.02. The molecule has 0 bridgehead atoms. The molecule has 184 valence electrons. The van der Waals surface area contributed by atoms with Crippen molar-refractivity contribution in [1.82, 2.24) is 14.9 Å². The van der Waals surface area contributed by atoms with E-state index >= 15 is 0 Å². The summed E-state index contributed by atoms with van der Waals surface area (Å²) in [6.07, 6.45) is 1.61. The molecule has 6 nitrogen and oxygen atoms in total. The molecule has 1 N–H and O–H groups in total. The number of piperidine rings is 1. The maximum absolute atomic E-state index is 13.7. The first kappa shape index (κ1) is 24.1. The monoisotopic (exact) mass is 500 g/mol. The summed E-state index contributed by atoms with van der Waals surface area (Å²) in [4.78, 5) is 33.4. The van der Waals surface area contributed by atoms with E-state index in [9.17, 15) is 9.59 Å². The molecule has 0 unspecified atom stereocenters. The van der Waals surface area contributed by atoms with E-state index in [1.54, 1.807) is 4.57 Å². The lowest BCUT2D eigenvalue weighted by Gasteiger charge is -2.32. The maximum atomic E-state index is 13.7. The van der Waals surface area contributed by atoms with Crippen LogP contribution >= 0.6 is 11.6 Å². The molecule has 0 aliphatic carbocycles. The van der Waals surface area contributed by atoms with Crippen LogP contribution in [0.5, 0.6) is 0 Å². The summed E-state index contributed by atoms with van der Waals surface area (Å²) in [7, 11) is 0. The summed E-state index contributed by atoms with van der Waals surface area (Å²) in [6, 6.07) is 23.4. The van der Waals surface area contributed by atoms with Crippen LogP contribution in [0.1, 0.15) is 29.5 Å². The van der Waals surface area contributed by atoms with E-state index in [0.717, 1.165) is 35.0 Å². The van der Waals surface area contributed by atoms with E-state index in [0.29, 0.717) is 37.0 Å². The number of halogens is 1. The van der Waals surface area contributed by atoms with Gasteiger partial charge in [0.2, 0.25) is 5.91 Å². The normalized spacial score (nSPS) is 15.7. The predicted molar refractivity (Wildman–Crippen MR) is 145 cm³/mol. The van der Waals surface area contributed by atoms with Gasteiger partial charge >= 0.3 is 0 Å². The Labute approximate surface area is 215 Å². The van der Waals surface area contributed by atoms with Crippen molar-refractivity contribution < 1.29 is 4.79 Å². The fourth-order valence-electron chi connectivity index (χ4n) is 4.74. The summed E-state index contributed by atoms with van der Waals surface area (Å²) in [5.41, 5.74) is 4.69. The predicted octanol–water partition coefficient (Wildman–Crippen LogP) is 4.94. The molecule has 1 aliphatic rings. The molecular weight excluding hydrogens is 472 g/mol. The molecule has 1 atom stereocenters. The Balaban J connectivity index is 1.38. The number of hydrogen-bond acceptors (Lipinski definition) is 4. The van der Waals surface area contributed by atoms with E-state index in [1.807, 2.05) is 60.4 Å². The molecule has 1 aliphatic heterocycles. The number of anilines is 1. The fraction of sp³-hybridized carbons (Fsp3) is 0.276. The highest BCUT2D eigenvalue weighted by molar-refractivity contribution is 6.30. The molecular formula is C29H29ClN4O2. The summed E-state index contributed by atoms with van der Waals surface area (Å²) >= 11 is 5.96. The molecule has 1 aromatic heterocycles. The van der Waals surface area contributed by atoms with Gasteiger partial charge in [0.15, 0.2) is 5.82 Å². The van der Waals surface area contributed by atoms with Crippen LogP contribution in [-0.4, -0.2) is 28.5 Å². The van der Waals surface area contributed by atoms with Crippen molar-refractivity contribution in [1.29, 1.82) is 0 Å². The number of nitrogens with zero attached hydrogens (tertiary/aromatic N) is 3. The average Bonchev–Trinajstić information content (AvgIpc) is 2.91. The first-order chi connectivity index (χ1) is 17.5. The zero-order chi connectivity index (χ0) is 25.1. The van der Waals surface area contributed by atoms with E-state index in [-0.39, 0.29) is 17.4 Å². The number of aromatic nitrogens is 2. The number of benzene rings is 3. The maximum Gasteiger partial charge on any atom is 0.294 e. The Morgan fingerprint density at radius 3 is 2.53 bits per heavy atom.